The minimum Gasteiger partial charge on any atom is -0.313 e. The van der Waals surface area contributed by atoms with E-state index in [9.17, 15) is 4.79 Å². The van der Waals surface area contributed by atoms with E-state index in [0.29, 0.717) is 17.5 Å². The molecule has 1 unspecified atom stereocenters. The number of hydrogen-bond donors (Lipinski definition) is 2. The smallest absolute Gasteiger partial charge is 0.313 e. The highest BCUT2D eigenvalue weighted by molar-refractivity contribution is 7.99. The monoisotopic (exact) mass is 241 g/mol. The summed E-state index contributed by atoms with van der Waals surface area (Å²) in [4.78, 5) is 11.4. The van der Waals surface area contributed by atoms with E-state index in [-0.39, 0.29) is 5.69 Å². The van der Waals surface area contributed by atoms with Crippen LogP contribution in [0.25, 0.3) is 0 Å². The normalized spacial score (nSPS) is 14.4. The van der Waals surface area contributed by atoms with E-state index in [1.807, 2.05) is 13.0 Å². The highest BCUT2D eigenvalue weighted by atomic mass is 32.2. The fourth-order valence-electron chi connectivity index (χ4n) is 1.08. The number of rotatable bonds is 5. The van der Waals surface area contributed by atoms with Gasteiger partial charge in [0.1, 0.15) is 5.54 Å². The van der Waals surface area contributed by atoms with Gasteiger partial charge >= 0.3 is 5.69 Å². The van der Waals surface area contributed by atoms with Crippen LogP contribution in [0.4, 0.5) is 0 Å². The van der Waals surface area contributed by atoms with Crippen LogP contribution in [-0.4, -0.2) is 26.1 Å². The molecule has 88 valence electrons. The van der Waals surface area contributed by atoms with Crippen LogP contribution in [0.5, 0.6) is 0 Å². The molecule has 0 aliphatic carbocycles. The third-order valence-electron chi connectivity index (χ3n) is 1.93. The lowest BCUT2D eigenvalue weighted by atomic mass is 10.1. The number of hydrogen-bond acceptors (Lipinski definition) is 5. The zero-order valence-electron chi connectivity index (χ0n) is 9.36. The SMILES string of the molecule is CCCn1c(SCC(C)(N)C#N)n[nH]c1=O. The Labute approximate surface area is 97.8 Å². The zero-order chi connectivity index (χ0) is 12.2. The second-order valence-electron chi connectivity index (χ2n) is 3.78. The summed E-state index contributed by atoms with van der Waals surface area (Å²) in [7, 11) is 0. The minimum absolute atomic E-state index is 0.222. The molecule has 0 amide bonds. The number of nitriles is 1. The van der Waals surface area contributed by atoms with Gasteiger partial charge in [0, 0.05) is 12.3 Å². The van der Waals surface area contributed by atoms with Crippen molar-refractivity contribution in [3.05, 3.63) is 10.5 Å². The first-order valence-electron chi connectivity index (χ1n) is 4.98. The Bertz CT molecular complexity index is 441. The number of H-pyrrole nitrogens is 1. The Morgan fingerprint density at radius 1 is 1.75 bits per heavy atom. The molecule has 0 aliphatic heterocycles. The zero-order valence-corrected chi connectivity index (χ0v) is 10.2. The van der Waals surface area contributed by atoms with Gasteiger partial charge in [-0.3, -0.25) is 4.57 Å². The summed E-state index contributed by atoms with van der Waals surface area (Å²) < 4.78 is 1.55. The van der Waals surface area contributed by atoms with E-state index >= 15 is 0 Å². The molecule has 0 aliphatic rings. The number of nitrogens with zero attached hydrogens (tertiary/aromatic N) is 3. The molecule has 16 heavy (non-hydrogen) atoms. The fraction of sp³-hybridized carbons (Fsp3) is 0.667. The van der Waals surface area contributed by atoms with Gasteiger partial charge in [-0.25, -0.2) is 9.89 Å². The molecule has 7 heteroatoms. The topological polar surface area (TPSA) is 100 Å². The molecule has 0 aromatic carbocycles. The van der Waals surface area contributed by atoms with E-state index in [1.165, 1.54) is 11.8 Å². The maximum absolute atomic E-state index is 11.4. The lowest BCUT2D eigenvalue weighted by Crippen LogP contribution is -2.37. The van der Waals surface area contributed by atoms with Crippen molar-refractivity contribution in [3.63, 3.8) is 0 Å². The first-order valence-corrected chi connectivity index (χ1v) is 5.97. The summed E-state index contributed by atoms with van der Waals surface area (Å²) in [5.41, 5.74) is 4.56. The van der Waals surface area contributed by atoms with Gasteiger partial charge in [0.15, 0.2) is 5.16 Å². The average Bonchev–Trinajstić information content (AvgIpc) is 2.59. The molecule has 0 bridgehead atoms. The highest BCUT2D eigenvalue weighted by Crippen LogP contribution is 2.17. The van der Waals surface area contributed by atoms with E-state index in [4.69, 9.17) is 11.0 Å². The number of aromatic nitrogens is 3. The van der Waals surface area contributed by atoms with Crippen LogP contribution >= 0.6 is 11.8 Å². The molecule has 1 rings (SSSR count). The second kappa shape index (κ2) is 5.18. The molecule has 1 heterocycles. The lowest BCUT2D eigenvalue weighted by molar-refractivity contribution is 0.601. The Hall–Kier alpha value is -1.26. The number of nitrogens with two attached hydrogens (primary N) is 1. The van der Waals surface area contributed by atoms with Gasteiger partial charge in [-0.05, 0) is 13.3 Å². The molecular formula is C9H15N5OS. The van der Waals surface area contributed by atoms with Crippen LogP contribution in [0.2, 0.25) is 0 Å². The quantitative estimate of drug-likeness (QED) is 0.723. The molecule has 0 radical (unpaired) electrons. The van der Waals surface area contributed by atoms with E-state index in [1.54, 1.807) is 11.5 Å². The van der Waals surface area contributed by atoms with Crippen molar-refractivity contribution >= 4 is 11.8 Å². The first kappa shape index (κ1) is 12.8. The molecule has 0 fully saturated rings. The lowest BCUT2D eigenvalue weighted by Gasteiger charge is -2.13. The van der Waals surface area contributed by atoms with Gasteiger partial charge in [-0.1, -0.05) is 18.7 Å². The number of aromatic amines is 1. The Balaban J connectivity index is 2.75. The van der Waals surface area contributed by atoms with Crippen LogP contribution in [0.1, 0.15) is 20.3 Å². The second-order valence-corrected chi connectivity index (χ2v) is 4.72. The largest absolute Gasteiger partial charge is 0.343 e. The molecule has 1 atom stereocenters. The van der Waals surface area contributed by atoms with E-state index in [0.717, 1.165) is 6.42 Å². The summed E-state index contributed by atoms with van der Waals surface area (Å²) in [6.07, 6.45) is 0.852. The van der Waals surface area contributed by atoms with Crippen molar-refractivity contribution in [3.8, 4) is 6.07 Å². The van der Waals surface area contributed by atoms with Gasteiger partial charge in [-0.15, -0.1) is 5.10 Å². The molecule has 3 N–H and O–H groups in total. The van der Waals surface area contributed by atoms with Gasteiger partial charge in [0.2, 0.25) is 0 Å². The van der Waals surface area contributed by atoms with Gasteiger partial charge in [-0.2, -0.15) is 5.26 Å². The van der Waals surface area contributed by atoms with Crippen LogP contribution in [-0.2, 0) is 6.54 Å². The van der Waals surface area contributed by atoms with Crippen LogP contribution in [0.3, 0.4) is 0 Å². The van der Waals surface area contributed by atoms with Crippen molar-refractivity contribution in [1.82, 2.24) is 14.8 Å². The van der Waals surface area contributed by atoms with Gasteiger partial charge in [0.25, 0.3) is 0 Å². The van der Waals surface area contributed by atoms with Gasteiger partial charge < -0.3 is 5.73 Å². The summed E-state index contributed by atoms with van der Waals surface area (Å²) in [6, 6.07) is 2.00. The molecular weight excluding hydrogens is 226 g/mol. The number of thioether (sulfide) groups is 1. The third kappa shape index (κ3) is 3.12. The predicted molar refractivity (Wildman–Crippen MR) is 62.1 cm³/mol. The van der Waals surface area contributed by atoms with Crippen molar-refractivity contribution in [2.24, 2.45) is 5.73 Å². The van der Waals surface area contributed by atoms with Crippen LogP contribution < -0.4 is 11.4 Å². The average molecular weight is 241 g/mol. The first-order chi connectivity index (χ1) is 7.50. The summed E-state index contributed by atoms with van der Waals surface area (Å²) in [6.45, 7) is 4.25. The maximum atomic E-state index is 11.4. The Morgan fingerprint density at radius 3 is 3.00 bits per heavy atom. The van der Waals surface area contributed by atoms with Gasteiger partial charge in [0.05, 0.1) is 6.07 Å². The third-order valence-corrected chi connectivity index (χ3v) is 3.24. The standard InChI is InChI=1S/C9H15N5OS/c1-3-4-14-7(15)12-13-8(14)16-6-9(2,11)5-10/h3-4,6,11H2,1-2H3,(H,12,15). The molecule has 1 aromatic rings. The van der Waals surface area contributed by atoms with Crippen molar-refractivity contribution in [1.29, 1.82) is 5.26 Å². The molecule has 0 saturated heterocycles. The fourth-order valence-corrected chi connectivity index (χ4v) is 2.01. The number of nitrogens with one attached hydrogen (secondary N) is 1. The maximum Gasteiger partial charge on any atom is 0.343 e. The van der Waals surface area contributed by atoms with E-state index in [2.05, 4.69) is 10.2 Å². The van der Waals surface area contributed by atoms with E-state index < -0.39 is 5.54 Å². The molecule has 0 saturated carbocycles. The summed E-state index contributed by atoms with van der Waals surface area (Å²) in [5.74, 6) is 0.400. The molecule has 6 nitrogen and oxygen atoms in total. The minimum atomic E-state index is -0.906. The summed E-state index contributed by atoms with van der Waals surface area (Å²) >= 11 is 1.31. The summed E-state index contributed by atoms with van der Waals surface area (Å²) in [5, 5.41) is 15.6. The predicted octanol–water partition coefficient (Wildman–Crippen LogP) is 0.314. The van der Waals surface area contributed by atoms with Crippen molar-refractivity contribution < 1.29 is 0 Å². The highest BCUT2D eigenvalue weighted by Gasteiger charge is 2.19. The van der Waals surface area contributed by atoms with Crippen LogP contribution in [0.15, 0.2) is 9.95 Å². The van der Waals surface area contributed by atoms with Crippen molar-refractivity contribution in [2.45, 2.75) is 37.5 Å². The molecule has 1 aromatic heterocycles. The van der Waals surface area contributed by atoms with Crippen molar-refractivity contribution in [2.75, 3.05) is 5.75 Å². The Morgan fingerprint density at radius 2 is 2.44 bits per heavy atom. The molecule has 0 spiro atoms. The Kier molecular flexibility index (Phi) is 4.15. The van der Waals surface area contributed by atoms with Crippen LogP contribution in [0, 0.1) is 11.3 Å².